The molecule has 0 aliphatic carbocycles. The summed E-state index contributed by atoms with van der Waals surface area (Å²) in [6, 6.07) is 9.43. The summed E-state index contributed by atoms with van der Waals surface area (Å²) in [7, 11) is 0. The van der Waals surface area contributed by atoms with E-state index in [0.29, 0.717) is 6.61 Å². The molecule has 0 amide bonds. The van der Waals surface area contributed by atoms with Gasteiger partial charge in [0.1, 0.15) is 0 Å². The van der Waals surface area contributed by atoms with Crippen molar-refractivity contribution in [2.45, 2.75) is 38.7 Å². The number of unbranched alkanes of at least 4 members (excludes halogenated alkanes) is 1. The van der Waals surface area contributed by atoms with Crippen LogP contribution in [0.3, 0.4) is 0 Å². The van der Waals surface area contributed by atoms with Gasteiger partial charge >= 0.3 is 5.97 Å². The lowest BCUT2D eigenvalue weighted by Crippen LogP contribution is -2.39. The molecule has 3 heteroatoms. The van der Waals surface area contributed by atoms with Gasteiger partial charge in [0.2, 0.25) is 0 Å². The molecule has 3 nitrogen and oxygen atoms in total. The molecule has 1 rings (SSSR count). The second-order valence-electron chi connectivity index (χ2n) is 4.43. The first-order valence-corrected chi connectivity index (χ1v) is 6.00. The highest BCUT2D eigenvalue weighted by Gasteiger charge is 2.32. The molecule has 0 saturated carbocycles. The van der Waals surface area contributed by atoms with E-state index in [1.54, 1.807) is 0 Å². The second-order valence-corrected chi connectivity index (χ2v) is 4.43. The third kappa shape index (κ3) is 4.57. The standard InChI is InChI=1S/C14H20O3/c1-3-4-10-17-13(15)14(2,16)11-12-8-6-5-7-9-12/h5-9,16H,3-4,10-11H2,1-2H3. The minimum atomic E-state index is -1.45. The monoisotopic (exact) mass is 236 g/mol. The fraction of sp³-hybridized carbons (Fsp3) is 0.500. The first-order valence-electron chi connectivity index (χ1n) is 6.00. The fourth-order valence-corrected chi connectivity index (χ4v) is 1.53. The van der Waals surface area contributed by atoms with Crippen molar-refractivity contribution in [2.24, 2.45) is 0 Å². The van der Waals surface area contributed by atoms with Crippen molar-refractivity contribution in [3.8, 4) is 0 Å². The van der Waals surface area contributed by atoms with Gasteiger partial charge in [0.15, 0.2) is 5.60 Å². The third-order valence-corrected chi connectivity index (χ3v) is 2.56. The lowest BCUT2D eigenvalue weighted by molar-refractivity contribution is -0.163. The van der Waals surface area contributed by atoms with Gasteiger partial charge in [-0.25, -0.2) is 4.79 Å². The van der Waals surface area contributed by atoms with Gasteiger partial charge in [-0.15, -0.1) is 0 Å². The number of esters is 1. The minimum Gasteiger partial charge on any atom is -0.464 e. The molecule has 1 aromatic rings. The second kappa shape index (κ2) is 6.40. The van der Waals surface area contributed by atoms with Crippen LogP contribution in [-0.2, 0) is 16.0 Å². The van der Waals surface area contributed by atoms with E-state index < -0.39 is 11.6 Å². The van der Waals surface area contributed by atoms with Crippen LogP contribution in [-0.4, -0.2) is 23.3 Å². The summed E-state index contributed by atoms with van der Waals surface area (Å²) >= 11 is 0. The summed E-state index contributed by atoms with van der Waals surface area (Å²) in [5.74, 6) is -0.546. The topological polar surface area (TPSA) is 46.5 Å². The number of aliphatic hydroxyl groups is 1. The van der Waals surface area contributed by atoms with E-state index >= 15 is 0 Å². The van der Waals surface area contributed by atoms with E-state index in [0.717, 1.165) is 18.4 Å². The summed E-state index contributed by atoms with van der Waals surface area (Å²) < 4.78 is 5.03. The highest BCUT2D eigenvalue weighted by molar-refractivity contribution is 5.79. The van der Waals surface area contributed by atoms with Crippen LogP contribution in [0, 0.1) is 0 Å². The molecule has 0 bridgehead atoms. The van der Waals surface area contributed by atoms with Crippen molar-refractivity contribution in [1.82, 2.24) is 0 Å². The van der Waals surface area contributed by atoms with Crippen molar-refractivity contribution in [3.63, 3.8) is 0 Å². The van der Waals surface area contributed by atoms with Crippen LogP contribution in [0.4, 0.5) is 0 Å². The molecule has 0 heterocycles. The molecule has 17 heavy (non-hydrogen) atoms. The maximum atomic E-state index is 11.7. The van der Waals surface area contributed by atoms with Crippen LogP contribution in [0.2, 0.25) is 0 Å². The van der Waals surface area contributed by atoms with Crippen LogP contribution < -0.4 is 0 Å². The summed E-state index contributed by atoms with van der Waals surface area (Å²) in [5, 5.41) is 10.1. The van der Waals surface area contributed by atoms with Gasteiger partial charge in [-0.05, 0) is 18.9 Å². The molecule has 0 aliphatic rings. The average molecular weight is 236 g/mol. The Labute approximate surface area is 102 Å². The molecule has 1 unspecified atom stereocenters. The molecule has 0 aromatic heterocycles. The Morgan fingerprint density at radius 3 is 2.59 bits per heavy atom. The molecule has 0 radical (unpaired) electrons. The van der Waals surface area contributed by atoms with Crippen molar-refractivity contribution < 1.29 is 14.6 Å². The Bertz CT molecular complexity index is 344. The third-order valence-electron chi connectivity index (χ3n) is 2.56. The van der Waals surface area contributed by atoms with Crippen LogP contribution >= 0.6 is 0 Å². The van der Waals surface area contributed by atoms with Crippen molar-refractivity contribution in [1.29, 1.82) is 0 Å². The van der Waals surface area contributed by atoms with Gasteiger partial charge in [0, 0.05) is 6.42 Å². The number of ether oxygens (including phenoxy) is 1. The van der Waals surface area contributed by atoms with Gasteiger partial charge < -0.3 is 9.84 Å². The lowest BCUT2D eigenvalue weighted by Gasteiger charge is -2.21. The van der Waals surface area contributed by atoms with E-state index in [2.05, 4.69) is 0 Å². The van der Waals surface area contributed by atoms with E-state index in [4.69, 9.17) is 4.74 Å². The molecular formula is C14H20O3. The van der Waals surface area contributed by atoms with Gasteiger partial charge in [0.05, 0.1) is 6.61 Å². The van der Waals surface area contributed by atoms with Gasteiger partial charge in [-0.2, -0.15) is 0 Å². The maximum absolute atomic E-state index is 11.7. The first-order chi connectivity index (χ1) is 8.06. The molecule has 0 saturated heterocycles. The molecule has 0 fully saturated rings. The molecule has 0 spiro atoms. The molecule has 1 aromatic carbocycles. The van der Waals surface area contributed by atoms with E-state index in [1.807, 2.05) is 37.3 Å². The zero-order chi connectivity index (χ0) is 12.7. The number of carbonyl (C=O) groups excluding carboxylic acids is 1. The zero-order valence-corrected chi connectivity index (χ0v) is 10.5. The number of hydrogen-bond acceptors (Lipinski definition) is 3. The summed E-state index contributed by atoms with van der Waals surface area (Å²) in [4.78, 5) is 11.7. The van der Waals surface area contributed by atoms with E-state index in [1.165, 1.54) is 6.92 Å². The highest BCUT2D eigenvalue weighted by Crippen LogP contribution is 2.15. The Hall–Kier alpha value is -1.35. The number of rotatable bonds is 6. The summed E-state index contributed by atoms with van der Waals surface area (Å²) in [6.45, 7) is 3.89. The maximum Gasteiger partial charge on any atom is 0.338 e. The lowest BCUT2D eigenvalue weighted by atomic mass is 9.97. The fourth-order valence-electron chi connectivity index (χ4n) is 1.53. The Balaban J connectivity index is 2.52. The number of carbonyl (C=O) groups is 1. The van der Waals surface area contributed by atoms with Gasteiger partial charge in [-0.1, -0.05) is 43.7 Å². The Morgan fingerprint density at radius 1 is 1.35 bits per heavy atom. The smallest absolute Gasteiger partial charge is 0.338 e. The molecule has 0 aliphatic heterocycles. The average Bonchev–Trinajstić information content (AvgIpc) is 2.30. The number of hydrogen-bond donors (Lipinski definition) is 1. The van der Waals surface area contributed by atoms with Gasteiger partial charge in [-0.3, -0.25) is 0 Å². The highest BCUT2D eigenvalue weighted by atomic mass is 16.5. The van der Waals surface area contributed by atoms with Crippen LogP contribution in [0.5, 0.6) is 0 Å². The van der Waals surface area contributed by atoms with Crippen LogP contribution in [0.1, 0.15) is 32.3 Å². The summed E-state index contributed by atoms with van der Waals surface area (Å²) in [5.41, 5.74) is -0.528. The quantitative estimate of drug-likeness (QED) is 0.609. The van der Waals surface area contributed by atoms with E-state index in [9.17, 15) is 9.90 Å². The normalized spacial score (nSPS) is 14.1. The molecule has 1 atom stereocenters. The molecule has 94 valence electrons. The predicted octanol–water partition coefficient (Wildman–Crippen LogP) is 2.32. The first kappa shape index (κ1) is 13.7. The van der Waals surface area contributed by atoms with Crippen LogP contribution in [0.25, 0.3) is 0 Å². The van der Waals surface area contributed by atoms with E-state index in [-0.39, 0.29) is 6.42 Å². The van der Waals surface area contributed by atoms with Crippen molar-refractivity contribution in [3.05, 3.63) is 35.9 Å². The van der Waals surface area contributed by atoms with Crippen LogP contribution in [0.15, 0.2) is 30.3 Å². The summed E-state index contributed by atoms with van der Waals surface area (Å²) in [6.07, 6.45) is 2.07. The SMILES string of the molecule is CCCCOC(=O)C(C)(O)Cc1ccccc1. The molecular weight excluding hydrogens is 216 g/mol. The minimum absolute atomic E-state index is 0.277. The largest absolute Gasteiger partial charge is 0.464 e. The zero-order valence-electron chi connectivity index (χ0n) is 10.5. The van der Waals surface area contributed by atoms with Gasteiger partial charge in [0.25, 0.3) is 0 Å². The number of benzene rings is 1. The Morgan fingerprint density at radius 2 is 2.00 bits per heavy atom. The molecule has 1 N–H and O–H groups in total. The van der Waals surface area contributed by atoms with Crippen molar-refractivity contribution >= 4 is 5.97 Å². The van der Waals surface area contributed by atoms with Crippen molar-refractivity contribution in [2.75, 3.05) is 6.61 Å². The predicted molar refractivity (Wildman–Crippen MR) is 66.6 cm³/mol. The Kier molecular flexibility index (Phi) is 5.16.